The summed E-state index contributed by atoms with van der Waals surface area (Å²) < 4.78 is 0. The van der Waals surface area contributed by atoms with Crippen LogP contribution < -0.4 is 10.6 Å². The van der Waals surface area contributed by atoms with Crippen molar-refractivity contribution in [3.8, 4) is 0 Å². The third kappa shape index (κ3) is 3.01. The van der Waals surface area contributed by atoms with Gasteiger partial charge in [-0.25, -0.2) is 0 Å². The summed E-state index contributed by atoms with van der Waals surface area (Å²) in [6.45, 7) is 3.87. The molecule has 0 atom stereocenters. The van der Waals surface area contributed by atoms with Gasteiger partial charge in [0.15, 0.2) is 0 Å². The molecule has 2 rings (SSSR count). The van der Waals surface area contributed by atoms with E-state index in [0.717, 1.165) is 36.5 Å². The molecule has 1 aromatic carbocycles. The third-order valence-electron chi connectivity index (χ3n) is 3.38. The molecule has 1 aromatic rings. The molecule has 1 fully saturated rings. The van der Waals surface area contributed by atoms with Crippen LogP contribution in [0.15, 0.2) is 29.2 Å². The summed E-state index contributed by atoms with van der Waals surface area (Å²) in [5, 5.41) is 6.25. The summed E-state index contributed by atoms with van der Waals surface area (Å²) in [7, 11) is 0. The molecule has 1 amide bonds. The van der Waals surface area contributed by atoms with Crippen LogP contribution in [0.25, 0.3) is 0 Å². The van der Waals surface area contributed by atoms with Crippen LogP contribution in [-0.4, -0.2) is 19.0 Å². The van der Waals surface area contributed by atoms with Crippen LogP contribution >= 0.6 is 12.6 Å². The highest BCUT2D eigenvalue weighted by atomic mass is 32.1. The Morgan fingerprint density at radius 3 is 2.47 bits per heavy atom. The minimum absolute atomic E-state index is 0.117. The summed E-state index contributed by atoms with van der Waals surface area (Å²) in [4.78, 5) is 13.1. The molecule has 4 heteroatoms. The fourth-order valence-corrected chi connectivity index (χ4v) is 2.18. The summed E-state index contributed by atoms with van der Waals surface area (Å²) in [6.07, 6.45) is 1.78. The van der Waals surface area contributed by atoms with E-state index in [1.54, 1.807) is 0 Å². The fourth-order valence-electron chi connectivity index (χ4n) is 2.03. The van der Waals surface area contributed by atoms with Gasteiger partial charge in [-0.2, -0.15) is 0 Å². The predicted octanol–water partition coefficient (Wildman–Crippen LogP) is 2.30. The SMILES string of the molecule is CC1(C(=O)Nc2ccc(S)cc2)CCNCC1. The van der Waals surface area contributed by atoms with Crippen LogP contribution in [0.1, 0.15) is 19.8 Å². The van der Waals surface area contributed by atoms with Crippen LogP contribution in [-0.2, 0) is 4.79 Å². The van der Waals surface area contributed by atoms with Gasteiger partial charge in [0, 0.05) is 16.0 Å². The second-order valence-electron chi connectivity index (χ2n) is 4.81. The maximum atomic E-state index is 12.2. The van der Waals surface area contributed by atoms with E-state index in [4.69, 9.17) is 0 Å². The maximum absolute atomic E-state index is 12.2. The highest BCUT2D eigenvalue weighted by Gasteiger charge is 2.34. The van der Waals surface area contributed by atoms with Crippen molar-refractivity contribution >= 4 is 24.2 Å². The third-order valence-corrected chi connectivity index (χ3v) is 3.68. The van der Waals surface area contributed by atoms with Crippen LogP contribution in [0.5, 0.6) is 0 Å². The topological polar surface area (TPSA) is 41.1 Å². The van der Waals surface area contributed by atoms with Crippen molar-refractivity contribution in [3.05, 3.63) is 24.3 Å². The molecule has 1 saturated heterocycles. The molecule has 2 N–H and O–H groups in total. The Hall–Kier alpha value is -1.00. The van der Waals surface area contributed by atoms with Crippen molar-refractivity contribution in [1.82, 2.24) is 5.32 Å². The normalized spacial score (nSPS) is 18.7. The molecule has 1 heterocycles. The molecule has 1 aliphatic heterocycles. The molecule has 0 aliphatic carbocycles. The number of carbonyl (C=O) groups excluding carboxylic acids is 1. The average molecular weight is 250 g/mol. The second-order valence-corrected chi connectivity index (χ2v) is 5.33. The van der Waals surface area contributed by atoms with E-state index in [1.807, 2.05) is 31.2 Å². The Morgan fingerprint density at radius 1 is 1.29 bits per heavy atom. The van der Waals surface area contributed by atoms with Gasteiger partial charge in [-0.15, -0.1) is 12.6 Å². The summed E-state index contributed by atoms with van der Waals surface area (Å²) >= 11 is 4.22. The summed E-state index contributed by atoms with van der Waals surface area (Å²) in [6, 6.07) is 7.52. The first kappa shape index (κ1) is 12.5. The lowest BCUT2D eigenvalue weighted by Crippen LogP contribution is -2.42. The van der Waals surface area contributed by atoms with Crippen molar-refractivity contribution < 1.29 is 4.79 Å². The lowest BCUT2D eigenvalue weighted by atomic mass is 9.80. The molecule has 0 spiro atoms. The van der Waals surface area contributed by atoms with Crippen LogP contribution in [0.2, 0.25) is 0 Å². The number of thiol groups is 1. The Balaban J connectivity index is 2.03. The lowest BCUT2D eigenvalue weighted by Gasteiger charge is -2.32. The molecule has 0 radical (unpaired) electrons. The van der Waals surface area contributed by atoms with Crippen molar-refractivity contribution in [2.75, 3.05) is 18.4 Å². The Bertz CT molecular complexity index is 396. The standard InChI is InChI=1S/C13H18N2OS/c1-13(6-8-14-9-7-13)12(16)15-10-2-4-11(17)5-3-10/h2-5,14,17H,6-9H2,1H3,(H,15,16). The zero-order valence-corrected chi connectivity index (χ0v) is 10.9. The smallest absolute Gasteiger partial charge is 0.230 e. The second kappa shape index (κ2) is 5.10. The number of amides is 1. The van der Waals surface area contributed by atoms with E-state index in [9.17, 15) is 4.79 Å². The average Bonchev–Trinajstić information content (AvgIpc) is 2.33. The van der Waals surface area contributed by atoms with Gasteiger partial charge in [-0.3, -0.25) is 4.79 Å². The molecule has 92 valence electrons. The first-order valence-electron chi connectivity index (χ1n) is 5.91. The fraction of sp³-hybridized carbons (Fsp3) is 0.462. The number of hydrogen-bond acceptors (Lipinski definition) is 3. The van der Waals surface area contributed by atoms with Gasteiger partial charge in [0.05, 0.1) is 0 Å². The summed E-state index contributed by atoms with van der Waals surface area (Å²) in [5.74, 6) is 0.117. The Kier molecular flexibility index (Phi) is 3.74. The molecule has 0 bridgehead atoms. The van der Waals surface area contributed by atoms with Gasteiger partial charge in [0.2, 0.25) is 5.91 Å². The number of carbonyl (C=O) groups is 1. The number of rotatable bonds is 2. The van der Waals surface area contributed by atoms with E-state index in [1.165, 1.54) is 0 Å². The van der Waals surface area contributed by atoms with Gasteiger partial charge in [-0.05, 0) is 50.2 Å². The Labute approximate surface area is 107 Å². The zero-order chi connectivity index (χ0) is 12.3. The molecule has 1 aliphatic rings. The highest BCUT2D eigenvalue weighted by molar-refractivity contribution is 7.80. The minimum Gasteiger partial charge on any atom is -0.326 e. The van der Waals surface area contributed by atoms with Gasteiger partial charge >= 0.3 is 0 Å². The maximum Gasteiger partial charge on any atom is 0.230 e. The van der Waals surface area contributed by atoms with E-state index in [0.29, 0.717) is 0 Å². The number of hydrogen-bond donors (Lipinski definition) is 3. The van der Waals surface area contributed by atoms with Crippen LogP contribution in [0.3, 0.4) is 0 Å². The molecule has 17 heavy (non-hydrogen) atoms. The Morgan fingerprint density at radius 2 is 1.88 bits per heavy atom. The van der Waals surface area contributed by atoms with E-state index in [-0.39, 0.29) is 11.3 Å². The lowest BCUT2D eigenvalue weighted by molar-refractivity contribution is -0.126. The van der Waals surface area contributed by atoms with Crippen LogP contribution in [0, 0.1) is 5.41 Å². The molecule has 3 nitrogen and oxygen atoms in total. The van der Waals surface area contributed by atoms with Crippen molar-refractivity contribution in [2.45, 2.75) is 24.7 Å². The molecular weight excluding hydrogens is 232 g/mol. The van der Waals surface area contributed by atoms with Gasteiger partial charge in [-0.1, -0.05) is 6.92 Å². The number of piperidine rings is 1. The predicted molar refractivity (Wildman–Crippen MR) is 72.5 cm³/mol. The number of anilines is 1. The highest BCUT2D eigenvalue weighted by Crippen LogP contribution is 2.29. The van der Waals surface area contributed by atoms with Gasteiger partial charge in [0.25, 0.3) is 0 Å². The van der Waals surface area contributed by atoms with Crippen molar-refractivity contribution in [3.63, 3.8) is 0 Å². The van der Waals surface area contributed by atoms with Crippen LogP contribution in [0.4, 0.5) is 5.69 Å². The molecule has 0 unspecified atom stereocenters. The minimum atomic E-state index is -0.245. The van der Waals surface area contributed by atoms with Crippen molar-refractivity contribution in [2.24, 2.45) is 5.41 Å². The number of benzene rings is 1. The quantitative estimate of drug-likeness (QED) is 0.705. The number of nitrogens with one attached hydrogen (secondary N) is 2. The van der Waals surface area contributed by atoms with Crippen molar-refractivity contribution in [1.29, 1.82) is 0 Å². The van der Waals surface area contributed by atoms with E-state index < -0.39 is 0 Å². The van der Waals surface area contributed by atoms with Gasteiger partial charge in [0.1, 0.15) is 0 Å². The first-order valence-corrected chi connectivity index (χ1v) is 6.36. The molecule has 0 saturated carbocycles. The van der Waals surface area contributed by atoms with Gasteiger partial charge < -0.3 is 10.6 Å². The molecule has 0 aromatic heterocycles. The monoisotopic (exact) mass is 250 g/mol. The van der Waals surface area contributed by atoms with E-state index >= 15 is 0 Å². The largest absolute Gasteiger partial charge is 0.326 e. The molecular formula is C13H18N2OS. The van der Waals surface area contributed by atoms with E-state index in [2.05, 4.69) is 23.3 Å². The summed E-state index contributed by atoms with van der Waals surface area (Å²) in [5.41, 5.74) is 0.595. The zero-order valence-electron chi connectivity index (χ0n) is 9.99. The first-order chi connectivity index (χ1) is 8.10.